The molecule has 0 spiro atoms. The van der Waals surface area contributed by atoms with E-state index in [4.69, 9.17) is 4.74 Å². The number of hydrogen-bond acceptors (Lipinski definition) is 4. The molecule has 1 saturated heterocycles. The molecule has 1 aromatic carbocycles. The summed E-state index contributed by atoms with van der Waals surface area (Å²) in [5, 5.41) is 6.69. The Bertz CT molecular complexity index is 516. The van der Waals surface area contributed by atoms with Crippen LogP contribution in [0.4, 0.5) is 11.4 Å². The zero-order valence-corrected chi connectivity index (χ0v) is 12.5. The topological polar surface area (TPSA) is 53.6 Å². The van der Waals surface area contributed by atoms with Crippen molar-refractivity contribution in [2.45, 2.75) is 12.8 Å². The first kappa shape index (κ1) is 14.2. The van der Waals surface area contributed by atoms with Crippen molar-refractivity contribution in [1.29, 1.82) is 0 Å². The number of amides is 1. The number of methoxy groups -OCH3 is 1. The number of fused-ring (bicyclic) bond motifs is 1. The Hall–Kier alpha value is -1.75. The number of rotatable bonds is 3. The van der Waals surface area contributed by atoms with Crippen LogP contribution in [0.2, 0.25) is 0 Å². The van der Waals surface area contributed by atoms with Crippen molar-refractivity contribution in [2.24, 2.45) is 5.92 Å². The second kappa shape index (κ2) is 6.35. The molecule has 2 heterocycles. The van der Waals surface area contributed by atoms with E-state index in [0.29, 0.717) is 5.92 Å². The molecule has 1 amide bonds. The van der Waals surface area contributed by atoms with Gasteiger partial charge in [-0.05, 0) is 30.9 Å². The number of para-hydroxylation sites is 1. The van der Waals surface area contributed by atoms with Crippen LogP contribution < -0.4 is 10.6 Å². The smallest absolute Gasteiger partial charge is 0.256 e. The predicted octanol–water partition coefficient (Wildman–Crippen LogP) is 2.02. The fraction of sp³-hybridized carbons (Fsp3) is 0.562. The Labute approximate surface area is 125 Å². The monoisotopic (exact) mass is 289 g/mol. The van der Waals surface area contributed by atoms with E-state index in [0.717, 1.165) is 62.6 Å². The molecule has 0 bridgehead atoms. The summed E-state index contributed by atoms with van der Waals surface area (Å²) in [7, 11) is 1.73. The van der Waals surface area contributed by atoms with Gasteiger partial charge in [0.25, 0.3) is 5.91 Å². The third kappa shape index (κ3) is 2.97. The van der Waals surface area contributed by atoms with Crippen LogP contribution in [0, 0.1) is 5.92 Å². The van der Waals surface area contributed by atoms with Gasteiger partial charge in [0.2, 0.25) is 0 Å². The van der Waals surface area contributed by atoms with Gasteiger partial charge in [-0.2, -0.15) is 0 Å². The minimum atomic E-state index is 0.129. The van der Waals surface area contributed by atoms with E-state index in [1.165, 1.54) is 0 Å². The Morgan fingerprint density at radius 2 is 2.24 bits per heavy atom. The van der Waals surface area contributed by atoms with Gasteiger partial charge in [0.15, 0.2) is 0 Å². The zero-order chi connectivity index (χ0) is 14.7. The van der Waals surface area contributed by atoms with E-state index >= 15 is 0 Å². The van der Waals surface area contributed by atoms with Crippen molar-refractivity contribution in [1.82, 2.24) is 4.90 Å². The molecule has 0 saturated carbocycles. The SMILES string of the molecule is COCC1CCCN(C(=O)c2cccc3c2NCCN3)C1. The highest BCUT2D eigenvalue weighted by atomic mass is 16.5. The molecule has 0 aliphatic carbocycles. The average Bonchev–Trinajstić information content (AvgIpc) is 2.54. The van der Waals surface area contributed by atoms with Crippen LogP contribution in [0.15, 0.2) is 18.2 Å². The largest absolute Gasteiger partial charge is 0.384 e. The highest BCUT2D eigenvalue weighted by Crippen LogP contribution is 2.30. The molecule has 0 aromatic heterocycles. The molecule has 1 atom stereocenters. The number of nitrogens with one attached hydrogen (secondary N) is 2. The molecule has 2 N–H and O–H groups in total. The lowest BCUT2D eigenvalue weighted by Gasteiger charge is -2.33. The summed E-state index contributed by atoms with van der Waals surface area (Å²) in [5.74, 6) is 0.585. The van der Waals surface area contributed by atoms with Gasteiger partial charge >= 0.3 is 0 Å². The normalized spacial score (nSPS) is 21.2. The molecule has 5 nitrogen and oxygen atoms in total. The summed E-state index contributed by atoms with van der Waals surface area (Å²) in [4.78, 5) is 14.8. The van der Waals surface area contributed by atoms with E-state index in [1.807, 2.05) is 23.1 Å². The average molecular weight is 289 g/mol. The molecular formula is C16H23N3O2. The lowest BCUT2D eigenvalue weighted by Crippen LogP contribution is -2.41. The molecule has 1 unspecified atom stereocenters. The Kier molecular flexibility index (Phi) is 4.29. The van der Waals surface area contributed by atoms with Crippen LogP contribution in [-0.4, -0.2) is 50.7 Å². The number of hydrogen-bond donors (Lipinski definition) is 2. The molecule has 2 aliphatic rings. The summed E-state index contributed by atoms with van der Waals surface area (Å²) in [6, 6.07) is 5.88. The maximum Gasteiger partial charge on any atom is 0.256 e. The number of ether oxygens (including phenoxy) is 1. The lowest BCUT2D eigenvalue weighted by molar-refractivity contribution is 0.0572. The minimum Gasteiger partial charge on any atom is -0.384 e. The lowest BCUT2D eigenvalue weighted by atomic mass is 9.97. The quantitative estimate of drug-likeness (QED) is 0.894. The van der Waals surface area contributed by atoms with Gasteiger partial charge in [-0.3, -0.25) is 4.79 Å². The van der Waals surface area contributed by atoms with Gasteiger partial charge in [-0.25, -0.2) is 0 Å². The zero-order valence-electron chi connectivity index (χ0n) is 12.5. The fourth-order valence-corrected chi connectivity index (χ4v) is 3.24. The van der Waals surface area contributed by atoms with Crippen molar-refractivity contribution >= 4 is 17.3 Å². The molecule has 1 fully saturated rings. The van der Waals surface area contributed by atoms with E-state index in [-0.39, 0.29) is 5.91 Å². The van der Waals surface area contributed by atoms with Gasteiger partial charge in [-0.1, -0.05) is 6.07 Å². The fourth-order valence-electron chi connectivity index (χ4n) is 3.24. The summed E-state index contributed by atoms with van der Waals surface area (Å²) < 4.78 is 5.25. The second-order valence-corrected chi connectivity index (χ2v) is 5.80. The molecule has 2 aliphatic heterocycles. The first-order valence-electron chi connectivity index (χ1n) is 7.68. The highest BCUT2D eigenvalue weighted by molar-refractivity contribution is 6.02. The van der Waals surface area contributed by atoms with Crippen LogP contribution in [0.3, 0.4) is 0 Å². The van der Waals surface area contributed by atoms with Crippen LogP contribution in [0.25, 0.3) is 0 Å². The maximum absolute atomic E-state index is 12.8. The van der Waals surface area contributed by atoms with Crippen LogP contribution in [0.5, 0.6) is 0 Å². The standard InChI is InChI=1S/C16H23N3O2/c1-21-11-12-4-3-9-19(10-12)16(20)13-5-2-6-14-15(13)18-8-7-17-14/h2,5-6,12,17-18H,3-4,7-11H2,1H3. The first-order chi connectivity index (χ1) is 10.3. The molecule has 0 radical (unpaired) electrons. The number of nitrogens with zero attached hydrogens (tertiary/aromatic N) is 1. The van der Waals surface area contributed by atoms with Gasteiger partial charge in [0.05, 0.1) is 23.5 Å². The van der Waals surface area contributed by atoms with Crippen molar-refractivity contribution in [3.05, 3.63) is 23.8 Å². The maximum atomic E-state index is 12.8. The first-order valence-corrected chi connectivity index (χ1v) is 7.68. The number of benzene rings is 1. The number of anilines is 2. The molecule has 114 valence electrons. The third-order valence-corrected chi connectivity index (χ3v) is 4.25. The summed E-state index contributed by atoms with van der Waals surface area (Å²) in [5.41, 5.74) is 2.75. The second-order valence-electron chi connectivity index (χ2n) is 5.80. The minimum absolute atomic E-state index is 0.129. The predicted molar refractivity (Wildman–Crippen MR) is 83.9 cm³/mol. The van der Waals surface area contributed by atoms with Crippen molar-refractivity contribution in [3.8, 4) is 0 Å². The van der Waals surface area contributed by atoms with E-state index in [9.17, 15) is 4.79 Å². The van der Waals surface area contributed by atoms with E-state index < -0.39 is 0 Å². The molecule has 3 rings (SSSR count). The van der Waals surface area contributed by atoms with Crippen molar-refractivity contribution in [3.63, 3.8) is 0 Å². The third-order valence-electron chi connectivity index (χ3n) is 4.25. The van der Waals surface area contributed by atoms with Gasteiger partial charge in [0.1, 0.15) is 0 Å². The van der Waals surface area contributed by atoms with Crippen molar-refractivity contribution in [2.75, 3.05) is 50.5 Å². The number of piperidine rings is 1. The van der Waals surface area contributed by atoms with E-state index in [2.05, 4.69) is 10.6 Å². The summed E-state index contributed by atoms with van der Waals surface area (Å²) in [6.45, 7) is 4.12. The molecule has 5 heteroatoms. The van der Waals surface area contributed by atoms with Crippen LogP contribution in [-0.2, 0) is 4.74 Å². The summed E-state index contributed by atoms with van der Waals surface area (Å²) >= 11 is 0. The number of carbonyl (C=O) groups excluding carboxylic acids is 1. The van der Waals surface area contributed by atoms with Crippen LogP contribution >= 0.6 is 0 Å². The molecular weight excluding hydrogens is 266 g/mol. The molecule has 21 heavy (non-hydrogen) atoms. The van der Waals surface area contributed by atoms with Crippen molar-refractivity contribution < 1.29 is 9.53 Å². The number of carbonyl (C=O) groups is 1. The van der Waals surface area contributed by atoms with Gasteiger partial charge in [0, 0.05) is 33.3 Å². The number of likely N-dealkylation sites (tertiary alicyclic amines) is 1. The Morgan fingerprint density at radius 1 is 1.38 bits per heavy atom. The Balaban J connectivity index is 1.79. The highest BCUT2D eigenvalue weighted by Gasteiger charge is 2.27. The molecule has 1 aromatic rings. The summed E-state index contributed by atoms with van der Waals surface area (Å²) in [6.07, 6.45) is 2.20. The van der Waals surface area contributed by atoms with Gasteiger partial charge in [-0.15, -0.1) is 0 Å². The van der Waals surface area contributed by atoms with Crippen LogP contribution in [0.1, 0.15) is 23.2 Å². The van der Waals surface area contributed by atoms with Gasteiger partial charge < -0.3 is 20.3 Å². The Morgan fingerprint density at radius 3 is 3.10 bits per heavy atom. The van der Waals surface area contributed by atoms with E-state index in [1.54, 1.807) is 7.11 Å².